The van der Waals surface area contributed by atoms with E-state index in [4.69, 9.17) is 38.4 Å². The molecule has 1 amide bonds. The number of carbonyl (C=O) groups excluding carboxylic acids is 1. The molecular formula is C63H75N11O11S. The Bertz CT molecular complexity index is 3630. The van der Waals surface area contributed by atoms with E-state index in [0.717, 1.165) is 119 Å². The number of amides is 1. The predicted molar refractivity (Wildman–Crippen MR) is 323 cm³/mol. The fraction of sp³-hybridized carbons (Fsp3) is 0.508. The van der Waals surface area contributed by atoms with Gasteiger partial charge in [-0.2, -0.15) is 4.98 Å². The number of nitrogens with one attached hydrogen (secondary N) is 3. The molecule has 454 valence electrons. The molecule has 3 N–H and O–H groups in total. The maximum absolute atomic E-state index is 14.9. The van der Waals surface area contributed by atoms with Crippen LogP contribution < -0.4 is 34.2 Å². The van der Waals surface area contributed by atoms with Crippen molar-refractivity contribution in [1.29, 1.82) is 0 Å². The van der Waals surface area contributed by atoms with Crippen LogP contribution in [-0.2, 0) is 35.6 Å². The number of piperazine rings is 1. The number of benzene rings is 3. The minimum absolute atomic E-state index is 0.0501. The van der Waals surface area contributed by atoms with Crippen LogP contribution in [0.4, 0.5) is 34.3 Å². The van der Waals surface area contributed by atoms with E-state index >= 15 is 0 Å². The van der Waals surface area contributed by atoms with Gasteiger partial charge in [0, 0.05) is 119 Å². The zero-order valence-corrected chi connectivity index (χ0v) is 49.6. The highest BCUT2D eigenvalue weighted by atomic mass is 32.2. The number of nitrogens with zero attached hydrogens (tertiary/aromatic N) is 8. The van der Waals surface area contributed by atoms with Gasteiger partial charge in [-0.25, -0.2) is 18.1 Å². The summed E-state index contributed by atoms with van der Waals surface area (Å²) in [6.07, 6.45) is 9.86. The molecule has 0 unspecified atom stereocenters. The highest BCUT2D eigenvalue weighted by Gasteiger charge is 2.51. The molecule has 7 aliphatic heterocycles. The highest BCUT2D eigenvalue weighted by Crippen LogP contribution is 2.54. The number of hydrogen-bond donors (Lipinski definition) is 3. The number of rotatable bonds is 14. The number of H-pyrrole nitrogens is 1. The van der Waals surface area contributed by atoms with Gasteiger partial charge >= 0.3 is 0 Å². The van der Waals surface area contributed by atoms with E-state index < -0.39 is 37.5 Å². The molecule has 14 rings (SSSR count). The van der Waals surface area contributed by atoms with Crippen LogP contribution in [0.2, 0.25) is 0 Å². The van der Waals surface area contributed by atoms with E-state index in [9.17, 15) is 23.3 Å². The number of sulfonamides is 1. The summed E-state index contributed by atoms with van der Waals surface area (Å²) in [6.45, 7) is 13.0. The average Bonchev–Trinajstić information content (AvgIpc) is 1.35. The first-order valence-electron chi connectivity index (χ1n) is 30.5. The third-order valence-corrected chi connectivity index (χ3v) is 21.0. The van der Waals surface area contributed by atoms with Gasteiger partial charge in [-0.1, -0.05) is 24.3 Å². The number of fused-ring (bicyclic) bond motifs is 4. The highest BCUT2D eigenvalue weighted by molar-refractivity contribution is 7.90. The molecule has 6 aromatic rings. The van der Waals surface area contributed by atoms with Crippen molar-refractivity contribution in [3.63, 3.8) is 0 Å². The Morgan fingerprint density at radius 2 is 1.65 bits per heavy atom. The van der Waals surface area contributed by atoms with Crippen LogP contribution in [0.1, 0.15) is 89.6 Å². The number of aryl methyl sites for hydroxylation is 1. The summed E-state index contributed by atoms with van der Waals surface area (Å²) < 4.78 is 67.0. The van der Waals surface area contributed by atoms with Gasteiger partial charge in [-0.15, -0.1) is 0 Å². The number of morpholine rings is 1. The van der Waals surface area contributed by atoms with Crippen LogP contribution in [0.3, 0.4) is 0 Å². The predicted octanol–water partition coefficient (Wildman–Crippen LogP) is 8.04. The summed E-state index contributed by atoms with van der Waals surface area (Å²) in [6, 6.07) is 22.5. The molecule has 8 aliphatic rings. The third-order valence-electron chi connectivity index (χ3n) is 19.7. The number of nitro groups is 1. The number of methoxy groups -OCH3 is 1. The number of anilines is 5. The summed E-state index contributed by atoms with van der Waals surface area (Å²) in [4.78, 5) is 51.5. The topological polar surface area (TPSA) is 232 Å². The molecule has 86 heavy (non-hydrogen) atoms. The average molecular weight is 1190 g/mol. The van der Waals surface area contributed by atoms with Crippen molar-refractivity contribution in [2.45, 2.75) is 93.6 Å². The second-order valence-electron chi connectivity index (χ2n) is 24.5. The summed E-state index contributed by atoms with van der Waals surface area (Å²) in [5, 5.41) is 16.4. The first-order valence-corrected chi connectivity index (χ1v) is 32.0. The summed E-state index contributed by atoms with van der Waals surface area (Å²) in [5.41, 5.74) is 7.71. The molecule has 1 spiro atoms. The second-order valence-corrected chi connectivity index (χ2v) is 26.2. The van der Waals surface area contributed by atoms with Crippen molar-refractivity contribution >= 4 is 61.2 Å². The lowest BCUT2D eigenvalue weighted by molar-refractivity contribution is -0.384. The van der Waals surface area contributed by atoms with E-state index in [1.807, 2.05) is 30.5 Å². The molecule has 0 bridgehead atoms. The minimum Gasteiger partial charge on any atom is -0.492 e. The van der Waals surface area contributed by atoms with Gasteiger partial charge in [0.25, 0.3) is 21.6 Å². The van der Waals surface area contributed by atoms with E-state index in [1.165, 1.54) is 28.8 Å². The number of pyridine rings is 2. The molecule has 3 aromatic heterocycles. The van der Waals surface area contributed by atoms with Gasteiger partial charge in [0.15, 0.2) is 11.6 Å². The van der Waals surface area contributed by atoms with Crippen LogP contribution >= 0.6 is 0 Å². The van der Waals surface area contributed by atoms with Crippen molar-refractivity contribution in [2.75, 3.05) is 126 Å². The molecule has 0 radical (unpaired) electrons. The number of carbonyl (C=O) groups is 1. The van der Waals surface area contributed by atoms with E-state index in [-0.39, 0.29) is 40.7 Å². The van der Waals surface area contributed by atoms with Gasteiger partial charge in [0.1, 0.15) is 23.1 Å². The Morgan fingerprint density at radius 3 is 2.45 bits per heavy atom. The van der Waals surface area contributed by atoms with E-state index in [0.29, 0.717) is 94.8 Å². The Labute approximate surface area is 500 Å². The molecule has 3 aromatic carbocycles. The maximum Gasteiger partial charge on any atom is 0.293 e. The molecule has 22 nitrogen and oxygen atoms in total. The van der Waals surface area contributed by atoms with E-state index in [2.05, 4.69) is 76.9 Å². The van der Waals surface area contributed by atoms with Gasteiger partial charge in [0.2, 0.25) is 5.88 Å². The van der Waals surface area contributed by atoms with E-state index in [1.54, 1.807) is 13.2 Å². The molecule has 23 heteroatoms. The lowest BCUT2D eigenvalue weighted by atomic mass is 9.59. The molecule has 5 saturated heterocycles. The Hall–Kier alpha value is -7.12. The van der Waals surface area contributed by atoms with Crippen molar-refractivity contribution in [3.8, 4) is 11.6 Å². The number of nitro benzene ring substituents is 1. The first kappa shape index (κ1) is 56.7. The Balaban J connectivity index is 0.713. The smallest absolute Gasteiger partial charge is 0.293 e. The monoisotopic (exact) mass is 1190 g/mol. The number of aromatic amines is 1. The number of aromatic nitrogens is 3. The van der Waals surface area contributed by atoms with Crippen LogP contribution in [0.25, 0.3) is 11.0 Å². The molecule has 1 saturated carbocycles. The van der Waals surface area contributed by atoms with Gasteiger partial charge < -0.3 is 53.4 Å². The SMILES string of the molecule is COc1c(N2CCOCC2)ncc2c1COC[C@H]2N1CCN(C2CC3(CCN(c4ccc(C(=O)NS(=O)(=O)c5ccc(NCC6CCOCC6)c([N+](=O)[O-])c5)c(N5c6cc7cc[nH]c7nc6O[C@H]6COCC[C@@H]65)c4)CC3)C2)[C@H](c2ccccc2C)C1. The largest absolute Gasteiger partial charge is 0.492 e. The van der Waals surface area contributed by atoms with Gasteiger partial charge in [-0.3, -0.25) is 24.7 Å². The maximum atomic E-state index is 14.9. The summed E-state index contributed by atoms with van der Waals surface area (Å²) >= 11 is 0. The van der Waals surface area contributed by atoms with Crippen molar-refractivity contribution in [1.82, 2.24) is 29.5 Å². The summed E-state index contributed by atoms with van der Waals surface area (Å²) in [7, 11) is -2.89. The standard InChI is InChI=1S/C63H75N11O11S/c1-40-5-3-4-6-46(40)55-36-71(56-38-84-37-49-48(56)35-66-60(58(49)80-2)70-22-27-82-28-23-70)20-21-72(55)44-32-63(33-44)15-18-69(19-16-63)43-7-9-47(52(30-43)73-51-14-26-83-39-57(51)85-62-54(73)29-42-11-17-64-59(42)67-62)61(75)68-86(78,79)45-8-10-50(53(31-45)74(76)77)65-34-41-12-24-81-25-13-41/h3-11,17,29-31,35,41,44,51,55-57,65H,12-16,18-28,32-34,36-39H2,1-2H3,(H,64,67)(H,68,75)/t51-,55-,56+,57-/m0/s1. The zero-order valence-electron chi connectivity index (χ0n) is 48.8. The van der Waals surface area contributed by atoms with Gasteiger partial charge in [0.05, 0.1) is 73.3 Å². The number of ether oxygens (including phenoxy) is 6. The van der Waals surface area contributed by atoms with Crippen molar-refractivity contribution in [2.24, 2.45) is 11.3 Å². The Morgan fingerprint density at radius 1 is 0.849 bits per heavy atom. The molecule has 10 heterocycles. The van der Waals surface area contributed by atoms with Crippen LogP contribution in [0, 0.1) is 28.4 Å². The fourth-order valence-corrected chi connectivity index (χ4v) is 15.9. The van der Waals surface area contributed by atoms with Crippen LogP contribution in [0.5, 0.6) is 11.6 Å². The third kappa shape index (κ3) is 10.8. The zero-order chi connectivity index (χ0) is 58.7. The Kier molecular flexibility index (Phi) is 15.5. The second kappa shape index (κ2) is 23.5. The number of piperidine rings is 1. The first-order chi connectivity index (χ1) is 41.9. The van der Waals surface area contributed by atoms with Gasteiger partial charge in [-0.05, 0) is 122 Å². The fourth-order valence-electron chi connectivity index (χ4n) is 14.9. The molecule has 1 aliphatic carbocycles. The quantitative estimate of drug-likeness (QED) is 0.0692. The molecular weight excluding hydrogens is 1120 g/mol. The van der Waals surface area contributed by atoms with Crippen LogP contribution in [0.15, 0.2) is 90.1 Å². The van der Waals surface area contributed by atoms with Crippen LogP contribution in [-0.4, -0.2) is 168 Å². The van der Waals surface area contributed by atoms with Crippen molar-refractivity contribution in [3.05, 3.63) is 123 Å². The normalized spacial score (nSPS) is 23.9. The molecule has 6 fully saturated rings. The lowest BCUT2D eigenvalue weighted by Gasteiger charge is -2.59. The lowest BCUT2D eigenvalue weighted by Crippen LogP contribution is -2.60. The minimum atomic E-state index is -4.63. The van der Waals surface area contributed by atoms with Crippen molar-refractivity contribution < 1.29 is 46.6 Å². The molecule has 4 atom stereocenters. The summed E-state index contributed by atoms with van der Waals surface area (Å²) in [5.74, 6) is 1.41. The number of hydrogen-bond acceptors (Lipinski definition) is 19.